The SMILES string of the molecule is Cc1cccc(C)c1NC(=O)COc1ccc2c3c(c(=O)oc2c1C)CCC3. The fourth-order valence-corrected chi connectivity index (χ4v) is 3.95. The number of para-hydroxylation sites is 1. The molecule has 0 radical (unpaired) electrons. The number of aryl methyl sites for hydroxylation is 4. The molecule has 144 valence electrons. The quantitative estimate of drug-likeness (QED) is 0.691. The van der Waals surface area contributed by atoms with Crippen LogP contribution in [0.3, 0.4) is 0 Å². The fourth-order valence-electron chi connectivity index (χ4n) is 3.95. The lowest BCUT2D eigenvalue weighted by Gasteiger charge is -2.14. The van der Waals surface area contributed by atoms with Gasteiger partial charge in [0.15, 0.2) is 6.61 Å². The number of nitrogens with one attached hydrogen (secondary N) is 1. The molecule has 0 unspecified atom stereocenters. The first kappa shape index (κ1) is 18.3. The summed E-state index contributed by atoms with van der Waals surface area (Å²) < 4.78 is 11.3. The van der Waals surface area contributed by atoms with Gasteiger partial charge in [-0.05, 0) is 68.9 Å². The van der Waals surface area contributed by atoms with Gasteiger partial charge in [-0.3, -0.25) is 4.79 Å². The second-order valence-electron chi connectivity index (χ2n) is 7.37. The number of hydrogen-bond donors (Lipinski definition) is 1. The van der Waals surface area contributed by atoms with Gasteiger partial charge in [0.05, 0.1) is 0 Å². The third-order valence-electron chi connectivity index (χ3n) is 5.44. The summed E-state index contributed by atoms with van der Waals surface area (Å²) in [6, 6.07) is 9.64. The summed E-state index contributed by atoms with van der Waals surface area (Å²) in [5.41, 5.74) is 5.75. The van der Waals surface area contributed by atoms with E-state index in [1.54, 1.807) is 0 Å². The summed E-state index contributed by atoms with van der Waals surface area (Å²) in [6.07, 6.45) is 2.66. The minimum Gasteiger partial charge on any atom is -0.483 e. The molecule has 1 heterocycles. The molecule has 0 spiro atoms. The number of rotatable bonds is 4. The van der Waals surface area contributed by atoms with Crippen LogP contribution in [-0.4, -0.2) is 12.5 Å². The van der Waals surface area contributed by atoms with E-state index in [-0.39, 0.29) is 18.1 Å². The Bertz CT molecular complexity index is 1120. The van der Waals surface area contributed by atoms with Crippen LogP contribution in [0.15, 0.2) is 39.5 Å². The molecule has 0 bridgehead atoms. The highest BCUT2D eigenvalue weighted by molar-refractivity contribution is 5.93. The van der Waals surface area contributed by atoms with Gasteiger partial charge in [0.2, 0.25) is 0 Å². The third kappa shape index (κ3) is 3.17. The molecule has 4 rings (SSSR count). The molecule has 1 amide bonds. The molecule has 0 aliphatic heterocycles. The van der Waals surface area contributed by atoms with Crippen molar-refractivity contribution in [3.63, 3.8) is 0 Å². The van der Waals surface area contributed by atoms with Crippen LogP contribution in [0.1, 0.15) is 34.2 Å². The first-order valence-corrected chi connectivity index (χ1v) is 9.52. The zero-order valence-corrected chi connectivity index (χ0v) is 16.3. The summed E-state index contributed by atoms with van der Waals surface area (Å²) in [5, 5.41) is 3.88. The van der Waals surface area contributed by atoms with Crippen LogP contribution in [0, 0.1) is 20.8 Å². The van der Waals surface area contributed by atoms with Gasteiger partial charge in [-0.1, -0.05) is 18.2 Å². The van der Waals surface area contributed by atoms with E-state index in [1.165, 1.54) is 0 Å². The monoisotopic (exact) mass is 377 g/mol. The zero-order valence-electron chi connectivity index (χ0n) is 16.3. The van der Waals surface area contributed by atoms with Crippen LogP contribution >= 0.6 is 0 Å². The number of ether oxygens (including phenoxy) is 1. The summed E-state index contributed by atoms with van der Waals surface area (Å²) in [5.74, 6) is 0.317. The van der Waals surface area contributed by atoms with Gasteiger partial charge in [-0.15, -0.1) is 0 Å². The molecule has 5 heteroatoms. The highest BCUT2D eigenvalue weighted by Gasteiger charge is 2.21. The standard InChI is InChI=1S/C23H23NO4/c1-13-6-4-7-14(2)21(13)24-20(25)12-27-19-11-10-17-16-8-5-9-18(16)23(26)28-22(17)15(19)3/h4,6-7,10-11H,5,8-9,12H2,1-3H3,(H,24,25). The van der Waals surface area contributed by atoms with E-state index in [1.807, 2.05) is 51.1 Å². The maximum atomic E-state index is 12.4. The van der Waals surface area contributed by atoms with Gasteiger partial charge in [0, 0.05) is 22.2 Å². The van der Waals surface area contributed by atoms with E-state index in [0.717, 1.165) is 58.2 Å². The smallest absolute Gasteiger partial charge is 0.339 e. The molecule has 0 saturated heterocycles. The van der Waals surface area contributed by atoms with Crippen molar-refractivity contribution in [3.05, 3.63) is 68.6 Å². The van der Waals surface area contributed by atoms with E-state index in [0.29, 0.717) is 11.3 Å². The maximum Gasteiger partial charge on any atom is 0.339 e. The number of benzene rings is 2. The van der Waals surface area contributed by atoms with E-state index in [9.17, 15) is 9.59 Å². The summed E-state index contributed by atoms with van der Waals surface area (Å²) >= 11 is 0. The minimum atomic E-state index is -0.256. The number of carbonyl (C=O) groups excluding carboxylic acids is 1. The van der Waals surface area contributed by atoms with E-state index in [2.05, 4.69) is 5.32 Å². The highest BCUT2D eigenvalue weighted by atomic mass is 16.5. The molecule has 28 heavy (non-hydrogen) atoms. The average molecular weight is 377 g/mol. The number of amides is 1. The number of carbonyl (C=O) groups is 1. The van der Waals surface area contributed by atoms with Crippen molar-refractivity contribution in [3.8, 4) is 5.75 Å². The molecule has 1 N–H and O–H groups in total. The predicted molar refractivity (Wildman–Crippen MR) is 109 cm³/mol. The summed E-state index contributed by atoms with van der Waals surface area (Å²) in [4.78, 5) is 24.6. The molecule has 5 nitrogen and oxygen atoms in total. The van der Waals surface area contributed by atoms with Gasteiger partial charge >= 0.3 is 5.63 Å². The van der Waals surface area contributed by atoms with Gasteiger partial charge in [0.25, 0.3) is 5.91 Å². The van der Waals surface area contributed by atoms with E-state index >= 15 is 0 Å². The molecular weight excluding hydrogens is 354 g/mol. The van der Waals surface area contributed by atoms with Crippen molar-refractivity contribution in [2.75, 3.05) is 11.9 Å². The van der Waals surface area contributed by atoms with Gasteiger partial charge in [-0.25, -0.2) is 4.79 Å². The second-order valence-corrected chi connectivity index (χ2v) is 7.37. The zero-order chi connectivity index (χ0) is 19.8. The second kappa shape index (κ2) is 7.15. The Labute approximate surface area is 163 Å². The summed E-state index contributed by atoms with van der Waals surface area (Å²) in [7, 11) is 0. The van der Waals surface area contributed by atoms with Crippen LogP contribution in [0.2, 0.25) is 0 Å². The van der Waals surface area contributed by atoms with Crippen LogP contribution in [0.25, 0.3) is 11.0 Å². The Morgan fingerprint density at radius 2 is 1.79 bits per heavy atom. The van der Waals surface area contributed by atoms with Crippen LogP contribution < -0.4 is 15.7 Å². The lowest BCUT2D eigenvalue weighted by atomic mass is 10.0. The molecule has 0 saturated carbocycles. The van der Waals surface area contributed by atoms with Gasteiger partial charge in [0.1, 0.15) is 11.3 Å². The van der Waals surface area contributed by atoms with E-state index < -0.39 is 0 Å². The molecular formula is C23H23NO4. The van der Waals surface area contributed by atoms with Crippen molar-refractivity contribution in [2.24, 2.45) is 0 Å². The molecule has 1 aromatic heterocycles. The molecule has 0 atom stereocenters. The van der Waals surface area contributed by atoms with Gasteiger partial charge < -0.3 is 14.5 Å². The number of anilines is 1. The lowest BCUT2D eigenvalue weighted by molar-refractivity contribution is -0.118. The van der Waals surface area contributed by atoms with Crippen molar-refractivity contribution in [1.29, 1.82) is 0 Å². The Morgan fingerprint density at radius 1 is 1.07 bits per heavy atom. The molecule has 1 aliphatic rings. The Kier molecular flexibility index (Phi) is 4.67. The van der Waals surface area contributed by atoms with Crippen LogP contribution in [0.4, 0.5) is 5.69 Å². The Balaban J connectivity index is 1.56. The first-order chi connectivity index (χ1) is 13.5. The normalized spacial score (nSPS) is 12.8. The Morgan fingerprint density at radius 3 is 2.54 bits per heavy atom. The average Bonchev–Trinajstić information content (AvgIpc) is 3.16. The fraction of sp³-hybridized carbons (Fsp3) is 0.304. The number of hydrogen-bond acceptors (Lipinski definition) is 4. The molecule has 0 fully saturated rings. The minimum absolute atomic E-state index is 0.116. The number of fused-ring (bicyclic) bond motifs is 3. The van der Waals surface area contributed by atoms with Crippen LogP contribution in [-0.2, 0) is 17.6 Å². The third-order valence-corrected chi connectivity index (χ3v) is 5.44. The van der Waals surface area contributed by atoms with Crippen molar-refractivity contribution in [2.45, 2.75) is 40.0 Å². The van der Waals surface area contributed by atoms with Gasteiger partial charge in [-0.2, -0.15) is 0 Å². The largest absolute Gasteiger partial charge is 0.483 e. The van der Waals surface area contributed by atoms with Crippen molar-refractivity contribution in [1.82, 2.24) is 0 Å². The lowest BCUT2D eigenvalue weighted by Crippen LogP contribution is -2.21. The topological polar surface area (TPSA) is 68.5 Å². The van der Waals surface area contributed by atoms with Crippen molar-refractivity contribution < 1.29 is 13.9 Å². The molecule has 3 aromatic rings. The molecule has 1 aliphatic carbocycles. The summed E-state index contributed by atoms with van der Waals surface area (Å²) in [6.45, 7) is 5.65. The maximum absolute atomic E-state index is 12.4. The Hall–Kier alpha value is -3.08. The van der Waals surface area contributed by atoms with E-state index in [4.69, 9.17) is 9.15 Å². The first-order valence-electron chi connectivity index (χ1n) is 9.52. The van der Waals surface area contributed by atoms with Crippen molar-refractivity contribution >= 4 is 22.6 Å². The predicted octanol–water partition coefficient (Wildman–Crippen LogP) is 4.22. The highest BCUT2D eigenvalue weighted by Crippen LogP contribution is 2.33. The molecule has 2 aromatic carbocycles. The van der Waals surface area contributed by atoms with Crippen LogP contribution in [0.5, 0.6) is 5.75 Å².